The Kier molecular flexibility index (Phi) is 5.19. The van der Waals surface area contributed by atoms with Crippen molar-refractivity contribution in [2.75, 3.05) is 21.3 Å². The third-order valence-electron chi connectivity index (χ3n) is 3.15. The zero-order valence-electron chi connectivity index (χ0n) is 13.0. The Labute approximate surface area is 133 Å². The van der Waals surface area contributed by atoms with Gasteiger partial charge < -0.3 is 18.9 Å². The van der Waals surface area contributed by atoms with E-state index >= 15 is 0 Å². The van der Waals surface area contributed by atoms with Gasteiger partial charge in [0.05, 0.1) is 21.3 Å². The summed E-state index contributed by atoms with van der Waals surface area (Å²) in [5.41, 5.74) is 0.693. The Morgan fingerprint density at radius 1 is 0.870 bits per heavy atom. The van der Waals surface area contributed by atoms with Crippen LogP contribution in [0.1, 0.15) is 20.7 Å². The number of aldehydes is 1. The summed E-state index contributed by atoms with van der Waals surface area (Å²) in [5, 5.41) is 0. The summed E-state index contributed by atoms with van der Waals surface area (Å²) in [7, 11) is 4.37. The van der Waals surface area contributed by atoms with E-state index in [1.54, 1.807) is 18.2 Å². The molecule has 0 spiro atoms. The molecule has 23 heavy (non-hydrogen) atoms. The molecule has 0 aliphatic carbocycles. The van der Waals surface area contributed by atoms with Crippen LogP contribution >= 0.6 is 0 Å². The molecule has 2 aromatic carbocycles. The van der Waals surface area contributed by atoms with Gasteiger partial charge in [0, 0.05) is 5.56 Å². The van der Waals surface area contributed by atoms with Gasteiger partial charge in [-0.1, -0.05) is 0 Å². The van der Waals surface area contributed by atoms with Gasteiger partial charge in [0.25, 0.3) is 0 Å². The molecule has 0 aliphatic heterocycles. The number of rotatable bonds is 6. The predicted octanol–water partition coefficient (Wildman–Crippen LogP) is 2.74. The van der Waals surface area contributed by atoms with Crippen molar-refractivity contribution < 1.29 is 28.5 Å². The molecule has 0 unspecified atom stereocenters. The summed E-state index contributed by atoms with van der Waals surface area (Å²) in [5.74, 6) is 0.678. The van der Waals surface area contributed by atoms with E-state index in [9.17, 15) is 9.59 Å². The van der Waals surface area contributed by atoms with Crippen LogP contribution in [0.2, 0.25) is 0 Å². The van der Waals surface area contributed by atoms with Gasteiger partial charge in [-0.3, -0.25) is 4.79 Å². The molecule has 120 valence electrons. The zero-order chi connectivity index (χ0) is 16.8. The van der Waals surface area contributed by atoms with E-state index in [2.05, 4.69) is 0 Å². The summed E-state index contributed by atoms with van der Waals surface area (Å²) in [6.07, 6.45) is 0.711. The minimum atomic E-state index is -0.610. The lowest BCUT2D eigenvalue weighted by atomic mass is 10.1. The maximum Gasteiger partial charge on any atom is 0.347 e. The van der Waals surface area contributed by atoms with Gasteiger partial charge >= 0.3 is 5.97 Å². The quantitative estimate of drug-likeness (QED) is 0.463. The molecule has 0 saturated heterocycles. The molecule has 0 heterocycles. The minimum Gasteiger partial charge on any atom is -0.493 e. The second-order valence-corrected chi connectivity index (χ2v) is 4.46. The van der Waals surface area contributed by atoms with Gasteiger partial charge in [0.2, 0.25) is 5.75 Å². The largest absolute Gasteiger partial charge is 0.493 e. The highest BCUT2D eigenvalue weighted by Crippen LogP contribution is 2.40. The van der Waals surface area contributed by atoms with Gasteiger partial charge in [-0.05, 0) is 36.4 Å². The second-order valence-electron chi connectivity index (χ2n) is 4.46. The number of esters is 1. The van der Waals surface area contributed by atoms with E-state index < -0.39 is 5.97 Å². The fourth-order valence-electron chi connectivity index (χ4n) is 2.04. The van der Waals surface area contributed by atoms with Crippen molar-refractivity contribution >= 4 is 12.3 Å². The average Bonchev–Trinajstić information content (AvgIpc) is 2.60. The van der Waals surface area contributed by atoms with Gasteiger partial charge in [0.1, 0.15) is 17.6 Å². The number of hydrogen-bond acceptors (Lipinski definition) is 6. The van der Waals surface area contributed by atoms with Crippen LogP contribution in [0.5, 0.6) is 23.0 Å². The van der Waals surface area contributed by atoms with Crippen LogP contribution in [0, 0.1) is 0 Å². The molecular formula is C17H16O6. The highest BCUT2D eigenvalue weighted by molar-refractivity contribution is 5.95. The van der Waals surface area contributed by atoms with Crippen LogP contribution in [0.4, 0.5) is 0 Å². The molecule has 0 N–H and O–H groups in total. The molecular weight excluding hydrogens is 300 g/mol. The Morgan fingerprint density at radius 3 is 2.04 bits per heavy atom. The third-order valence-corrected chi connectivity index (χ3v) is 3.15. The number of hydrogen-bond donors (Lipinski definition) is 0. The first kappa shape index (κ1) is 16.4. The van der Waals surface area contributed by atoms with Crippen molar-refractivity contribution in [2.24, 2.45) is 0 Å². The first-order valence-electron chi connectivity index (χ1n) is 6.71. The number of methoxy groups -OCH3 is 3. The number of benzene rings is 2. The zero-order valence-corrected chi connectivity index (χ0v) is 13.0. The summed E-state index contributed by atoms with van der Waals surface area (Å²) >= 11 is 0. The summed E-state index contributed by atoms with van der Waals surface area (Å²) in [4.78, 5) is 23.0. The molecule has 0 fully saturated rings. The van der Waals surface area contributed by atoms with Crippen molar-refractivity contribution in [1.29, 1.82) is 0 Å². The van der Waals surface area contributed by atoms with E-state index in [-0.39, 0.29) is 11.3 Å². The normalized spacial score (nSPS) is 9.87. The Hall–Kier alpha value is -3.02. The van der Waals surface area contributed by atoms with Crippen molar-refractivity contribution in [3.8, 4) is 23.0 Å². The molecule has 0 bridgehead atoms. The number of carbonyl (C=O) groups is 2. The fraction of sp³-hybridized carbons (Fsp3) is 0.176. The molecule has 0 radical (unpaired) electrons. The molecule has 6 heteroatoms. The fourth-order valence-corrected chi connectivity index (χ4v) is 2.04. The summed E-state index contributed by atoms with van der Waals surface area (Å²) < 4.78 is 20.9. The molecule has 0 aromatic heterocycles. The van der Waals surface area contributed by atoms with Crippen LogP contribution in [0.15, 0.2) is 36.4 Å². The van der Waals surface area contributed by atoms with Crippen molar-refractivity contribution in [2.45, 2.75) is 0 Å². The SMILES string of the molecule is COc1ccc(C(=O)Oc2ccc(C=O)cc2)c(OC)c1OC. The van der Waals surface area contributed by atoms with Gasteiger partial charge in [-0.15, -0.1) is 0 Å². The average molecular weight is 316 g/mol. The Bertz CT molecular complexity index is 706. The van der Waals surface area contributed by atoms with Crippen molar-refractivity contribution in [3.63, 3.8) is 0 Å². The molecule has 2 rings (SSSR count). The Balaban J connectivity index is 2.32. The highest BCUT2D eigenvalue weighted by Gasteiger charge is 2.22. The summed E-state index contributed by atoms with van der Waals surface area (Å²) in [6, 6.07) is 9.31. The van der Waals surface area contributed by atoms with E-state index in [1.807, 2.05) is 0 Å². The second kappa shape index (κ2) is 7.31. The van der Waals surface area contributed by atoms with E-state index in [4.69, 9.17) is 18.9 Å². The maximum atomic E-state index is 12.3. The first-order valence-corrected chi connectivity index (χ1v) is 6.71. The number of ether oxygens (including phenoxy) is 4. The molecule has 0 aliphatic rings. The van der Waals surface area contributed by atoms with E-state index in [0.29, 0.717) is 29.1 Å². The maximum absolute atomic E-state index is 12.3. The van der Waals surface area contributed by atoms with Crippen LogP contribution < -0.4 is 18.9 Å². The van der Waals surface area contributed by atoms with Crippen molar-refractivity contribution in [3.05, 3.63) is 47.5 Å². The standard InChI is InChI=1S/C17H16O6/c1-20-14-9-8-13(15(21-2)16(14)22-3)17(19)23-12-6-4-11(10-18)5-7-12/h4-10H,1-3H3. The molecule has 6 nitrogen and oxygen atoms in total. The van der Waals surface area contributed by atoms with E-state index in [1.165, 1.54) is 39.5 Å². The van der Waals surface area contributed by atoms with Crippen LogP contribution in [-0.2, 0) is 0 Å². The van der Waals surface area contributed by atoms with Crippen LogP contribution in [0.25, 0.3) is 0 Å². The molecule has 0 atom stereocenters. The van der Waals surface area contributed by atoms with Gasteiger partial charge in [-0.2, -0.15) is 0 Å². The predicted molar refractivity (Wildman–Crippen MR) is 82.9 cm³/mol. The number of carbonyl (C=O) groups excluding carboxylic acids is 2. The lowest BCUT2D eigenvalue weighted by Gasteiger charge is -2.15. The third kappa shape index (κ3) is 3.42. The van der Waals surface area contributed by atoms with Crippen molar-refractivity contribution in [1.82, 2.24) is 0 Å². The van der Waals surface area contributed by atoms with Crippen LogP contribution in [0.3, 0.4) is 0 Å². The summed E-state index contributed by atoms with van der Waals surface area (Å²) in [6.45, 7) is 0. The minimum absolute atomic E-state index is 0.199. The highest BCUT2D eigenvalue weighted by atomic mass is 16.5. The monoisotopic (exact) mass is 316 g/mol. The lowest BCUT2D eigenvalue weighted by Crippen LogP contribution is -2.11. The molecule has 0 amide bonds. The molecule has 2 aromatic rings. The first-order chi connectivity index (χ1) is 11.1. The molecule has 0 saturated carbocycles. The Morgan fingerprint density at radius 2 is 1.52 bits per heavy atom. The van der Waals surface area contributed by atoms with E-state index in [0.717, 1.165) is 0 Å². The lowest BCUT2D eigenvalue weighted by molar-refractivity contribution is 0.0730. The topological polar surface area (TPSA) is 71.1 Å². The van der Waals surface area contributed by atoms with Gasteiger partial charge in [0.15, 0.2) is 11.5 Å². The van der Waals surface area contributed by atoms with Crippen LogP contribution in [-0.4, -0.2) is 33.6 Å². The smallest absolute Gasteiger partial charge is 0.347 e. The van der Waals surface area contributed by atoms with Gasteiger partial charge in [-0.25, -0.2) is 4.79 Å².